The van der Waals surface area contributed by atoms with Crippen molar-refractivity contribution in [2.24, 2.45) is 5.92 Å². The Morgan fingerprint density at radius 2 is 2.36 bits per heavy atom. The van der Waals surface area contributed by atoms with Crippen molar-refractivity contribution in [3.8, 4) is 0 Å². The SMILES string of the molecule is O=C(CO)CCNCC1C=CC=CC1. The molecule has 0 aromatic carbocycles. The van der Waals surface area contributed by atoms with E-state index < -0.39 is 0 Å². The van der Waals surface area contributed by atoms with Crippen LogP contribution in [-0.2, 0) is 4.79 Å². The summed E-state index contributed by atoms with van der Waals surface area (Å²) in [5.41, 5.74) is 0. The van der Waals surface area contributed by atoms with Gasteiger partial charge in [-0.25, -0.2) is 0 Å². The van der Waals surface area contributed by atoms with Crippen LogP contribution in [0.5, 0.6) is 0 Å². The molecule has 0 radical (unpaired) electrons. The fraction of sp³-hybridized carbons (Fsp3) is 0.545. The first-order valence-corrected chi connectivity index (χ1v) is 4.99. The Balaban J connectivity index is 2.01. The zero-order chi connectivity index (χ0) is 10.2. The number of rotatable bonds is 6. The Kier molecular flexibility index (Phi) is 5.19. The van der Waals surface area contributed by atoms with Gasteiger partial charge in [0, 0.05) is 19.5 Å². The van der Waals surface area contributed by atoms with Gasteiger partial charge < -0.3 is 10.4 Å². The second-order valence-electron chi connectivity index (χ2n) is 3.46. The summed E-state index contributed by atoms with van der Waals surface area (Å²) in [7, 11) is 0. The van der Waals surface area contributed by atoms with Crippen molar-refractivity contribution in [3.05, 3.63) is 24.3 Å². The Morgan fingerprint density at radius 1 is 1.50 bits per heavy atom. The highest BCUT2D eigenvalue weighted by Crippen LogP contribution is 2.09. The molecule has 0 aliphatic heterocycles. The van der Waals surface area contributed by atoms with Crippen LogP contribution in [0, 0.1) is 5.92 Å². The lowest BCUT2D eigenvalue weighted by atomic mass is 10.0. The molecule has 0 spiro atoms. The van der Waals surface area contributed by atoms with Gasteiger partial charge in [0.15, 0.2) is 5.78 Å². The monoisotopic (exact) mass is 195 g/mol. The van der Waals surface area contributed by atoms with E-state index in [9.17, 15) is 4.79 Å². The first-order valence-electron chi connectivity index (χ1n) is 4.99. The van der Waals surface area contributed by atoms with Crippen LogP contribution in [0.4, 0.5) is 0 Å². The molecule has 0 saturated carbocycles. The van der Waals surface area contributed by atoms with Gasteiger partial charge in [-0.3, -0.25) is 4.79 Å². The Bertz CT molecular complexity index is 233. The maximum absolute atomic E-state index is 10.7. The second kappa shape index (κ2) is 6.51. The number of allylic oxidation sites excluding steroid dienone is 3. The molecule has 0 aromatic heterocycles. The lowest BCUT2D eigenvalue weighted by molar-refractivity contribution is -0.121. The molecule has 0 fully saturated rings. The number of hydrogen-bond donors (Lipinski definition) is 2. The number of Topliss-reactive ketones (excluding diaryl/α,β-unsaturated/α-hetero) is 1. The lowest BCUT2D eigenvalue weighted by Crippen LogP contribution is -2.25. The molecule has 0 bridgehead atoms. The number of aliphatic hydroxyl groups is 1. The number of aliphatic hydroxyl groups excluding tert-OH is 1. The van der Waals surface area contributed by atoms with E-state index >= 15 is 0 Å². The van der Waals surface area contributed by atoms with Gasteiger partial charge in [0.2, 0.25) is 0 Å². The van der Waals surface area contributed by atoms with Crippen LogP contribution in [0.25, 0.3) is 0 Å². The van der Waals surface area contributed by atoms with Gasteiger partial charge in [-0.1, -0.05) is 24.3 Å². The van der Waals surface area contributed by atoms with E-state index in [0.717, 1.165) is 13.0 Å². The standard InChI is InChI=1S/C11H17NO2/c13-9-11(14)6-7-12-8-10-4-2-1-3-5-10/h1-4,10,12-13H,5-9H2. The summed E-state index contributed by atoms with van der Waals surface area (Å²) in [5.74, 6) is 0.445. The van der Waals surface area contributed by atoms with Crippen molar-refractivity contribution in [3.63, 3.8) is 0 Å². The third-order valence-electron chi connectivity index (χ3n) is 2.23. The molecule has 3 heteroatoms. The molecular formula is C11H17NO2. The maximum atomic E-state index is 10.7. The topological polar surface area (TPSA) is 49.3 Å². The number of hydrogen-bond acceptors (Lipinski definition) is 3. The summed E-state index contributed by atoms with van der Waals surface area (Å²) in [6.07, 6.45) is 9.90. The van der Waals surface area contributed by atoms with Crippen LogP contribution in [0.1, 0.15) is 12.8 Å². The van der Waals surface area contributed by atoms with Crippen molar-refractivity contribution in [2.75, 3.05) is 19.7 Å². The van der Waals surface area contributed by atoms with E-state index in [0.29, 0.717) is 18.9 Å². The van der Waals surface area contributed by atoms with E-state index in [1.54, 1.807) is 0 Å². The number of nitrogens with one attached hydrogen (secondary N) is 1. The highest BCUT2D eigenvalue weighted by atomic mass is 16.3. The zero-order valence-corrected chi connectivity index (χ0v) is 8.28. The van der Waals surface area contributed by atoms with Gasteiger partial charge in [0.05, 0.1) is 0 Å². The molecule has 2 N–H and O–H groups in total. The molecule has 0 saturated heterocycles. The predicted octanol–water partition coefficient (Wildman–Crippen LogP) is 0.660. The molecule has 1 atom stereocenters. The highest BCUT2D eigenvalue weighted by Gasteiger charge is 2.04. The first kappa shape index (κ1) is 11.1. The molecule has 0 amide bonds. The van der Waals surface area contributed by atoms with Gasteiger partial charge in [0.1, 0.15) is 6.61 Å². The normalized spacial score (nSPS) is 19.9. The molecule has 1 aliphatic rings. The number of ketones is 1. The minimum absolute atomic E-state index is 0.100. The summed E-state index contributed by atoms with van der Waals surface area (Å²) < 4.78 is 0. The lowest BCUT2D eigenvalue weighted by Gasteiger charge is -2.13. The molecule has 3 nitrogen and oxygen atoms in total. The van der Waals surface area contributed by atoms with E-state index in [2.05, 4.69) is 23.5 Å². The fourth-order valence-corrected chi connectivity index (χ4v) is 1.38. The van der Waals surface area contributed by atoms with Crippen LogP contribution < -0.4 is 5.32 Å². The van der Waals surface area contributed by atoms with Crippen molar-refractivity contribution < 1.29 is 9.90 Å². The van der Waals surface area contributed by atoms with Crippen molar-refractivity contribution in [2.45, 2.75) is 12.8 Å². The first-order chi connectivity index (χ1) is 6.83. The third kappa shape index (κ3) is 4.35. The molecule has 14 heavy (non-hydrogen) atoms. The molecule has 0 heterocycles. The van der Waals surface area contributed by atoms with Crippen LogP contribution >= 0.6 is 0 Å². The van der Waals surface area contributed by atoms with E-state index in [1.807, 2.05) is 6.08 Å². The minimum atomic E-state index is -0.340. The largest absolute Gasteiger partial charge is 0.389 e. The average molecular weight is 195 g/mol. The van der Waals surface area contributed by atoms with Crippen LogP contribution in [0.3, 0.4) is 0 Å². The average Bonchev–Trinajstić information content (AvgIpc) is 2.25. The summed E-state index contributed by atoms with van der Waals surface area (Å²) in [6.45, 7) is 1.22. The summed E-state index contributed by atoms with van der Waals surface area (Å²) in [4.78, 5) is 10.7. The van der Waals surface area contributed by atoms with Gasteiger partial charge in [-0.2, -0.15) is 0 Å². The summed E-state index contributed by atoms with van der Waals surface area (Å²) in [5, 5.41) is 11.7. The highest BCUT2D eigenvalue weighted by molar-refractivity contribution is 5.79. The smallest absolute Gasteiger partial charge is 0.159 e. The fourth-order valence-electron chi connectivity index (χ4n) is 1.38. The van der Waals surface area contributed by atoms with E-state index in [4.69, 9.17) is 5.11 Å². The van der Waals surface area contributed by atoms with E-state index in [-0.39, 0.29) is 12.4 Å². The van der Waals surface area contributed by atoms with Gasteiger partial charge in [-0.15, -0.1) is 0 Å². The molecule has 1 rings (SSSR count). The van der Waals surface area contributed by atoms with E-state index in [1.165, 1.54) is 0 Å². The van der Waals surface area contributed by atoms with Crippen molar-refractivity contribution >= 4 is 5.78 Å². The molecular weight excluding hydrogens is 178 g/mol. The number of carbonyl (C=O) groups excluding carboxylic acids is 1. The van der Waals surface area contributed by atoms with Gasteiger partial charge in [0.25, 0.3) is 0 Å². The Labute approximate surface area is 84.5 Å². The maximum Gasteiger partial charge on any atom is 0.159 e. The Morgan fingerprint density at radius 3 is 3.00 bits per heavy atom. The molecule has 1 unspecified atom stereocenters. The van der Waals surface area contributed by atoms with Gasteiger partial charge in [-0.05, 0) is 12.3 Å². The summed E-state index contributed by atoms with van der Waals surface area (Å²) in [6, 6.07) is 0. The third-order valence-corrected chi connectivity index (χ3v) is 2.23. The van der Waals surface area contributed by atoms with Crippen molar-refractivity contribution in [1.82, 2.24) is 5.32 Å². The second-order valence-corrected chi connectivity index (χ2v) is 3.46. The Hall–Kier alpha value is -0.930. The van der Waals surface area contributed by atoms with Crippen molar-refractivity contribution in [1.29, 1.82) is 0 Å². The predicted molar refractivity (Wildman–Crippen MR) is 56.0 cm³/mol. The zero-order valence-electron chi connectivity index (χ0n) is 8.28. The van der Waals surface area contributed by atoms with Gasteiger partial charge >= 0.3 is 0 Å². The quantitative estimate of drug-likeness (QED) is 0.612. The minimum Gasteiger partial charge on any atom is -0.389 e. The van der Waals surface area contributed by atoms with Crippen LogP contribution in [-0.4, -0.2) is 30.6 Å². The molecule has 1 aliphatic carbocycles. The van der Waals surface area contributed by atoms with Crippen LogP contribution in [0.2, 0.25) is 0 Å². The molecule has 78 valence electrons. The molecule has 0 aromatic rings. The van der Waals surface area contributed by atoms with Crippen LogP contribution in [0.15, 0.2) is 24.3 Å². The number of carbonyl (C=O) groups is 1. The summed E-state index contributed by atoms with van der Waals surface area (Å²) >= 11 is 0.